The van der Waals surface area contributed by atoms with Crippen LogP contribution in [0.25, 0.3) is 0 Å². The Bertz CT molecular complexity index is 729. The largest absolute Gasteiger partial charge is 0.389 e. The number of aliphatic hydroxyl groups is 1. The van der Waals surface area contributed by atoms with Gasteiger partial charge in [0.05, 0.1) is 12.7 Å². The van der Waals surface area contributed by atoms with Gasteiger partial charge >= 0.3 is 0 Å². The molecule has 0 unspecified atom stereocenters. The van der Waals surface area contributed by atoms with Gasteiger partial charge < -0.3 is 14.4 Å². The fourth-order valence-electron chi connectivity index (χ4n) is 4.10. The van der Waals surface area contributed by atoms with E-state index in [-0.39, 0.29) is 6.61 Å². The lowest BCUT2D eigenvalue weighted by atomic mass is 9.94. The summed E-state index contributed by atoms with van der Waals surface area (Å²) in [5.74, 6) is 2.46. The van der Waals surface area contributed by atoms with E-state index < -0.39 is 6.10 Å². The third-order valence-electron chi connectivity index (χ3n) is 5.52. The molecular formula is C24H32N2O2. The molecule has 4 nitrogen and oxygen atoms in total. The average molecular weight is 381 g/mol. The molecule has 1 fully saturated rings. The van der Waals surface area contributed by atoms with E-state index in [0.29, 0.717) is 19.2 Å². The Kier molecular flexibility index (Phi) is 8.17. The topological polar surface area (TPSA) is 37.6 Å². The van der Waals surface area contributed by atoms with E-state index in [4.69, 9.17) is 11.2 Å². The molecule has 3 rings (SSSR count). The van der Waals surface area contributed by atoms with Gasteiger partial charge in [0, 0.05) is 37.6 Å². The summed E-state index contributed by atoms with van der Waals surface area (Å²) in [6.07, 6.45) is 13.1. The van der Waals surface area contributed by atoms with Crippen LogP contribution >= 0.6 is 0 Å². The number of ether oxygens (including phenoxy) is 1. The second kappa shape index (κ2) is 11.1. The van der Waals surface area contributed by atoms with Crippen molar-refractivity contribution < 1.29 is 9.84 Å². The quantitative estimate of drug-likeness (QED) is 0.505. The van der Waals surface area contributed by atoms with Crippen molar-refractivity contribution in [2.24, 2.45) is 0 Å². The highest BCUT2D eigenvalue weighted by atomic mass is 16.5. The van der Waals surface area contributed by atoms with E-state index in [1.165, 1.54) is 43.4 Å². The van der Waals surface area contributed by atoms with E-state index in [1.54, 1.807) is 0 Å². The molecule has 1 aliphatic rings. The highest BCUT2D eigenvalue weighted by Gasteiger charge is 2.24. The van der Waals surface area contributed by atoms with E-state index in [1.807, 2.05) is 0 Å². The van der Waals surface area contributed by atoms with Crippen molar-refractivity contribution in [2.75, 3.05) is 19.8 Å². The summed E-state index contributed by atoms with van der Waals surface area (Å²) in [6, 6.07) is 15.4. The van der Waals surface area contributed by atoms with Gasteiger partial charge in [-0.2, -0.15) is 0 Å². The lowest BCUT2D eigenvalue weighted by Gasteiger charge is -2.35. The molecule has 1 aromatic carbocycles. The van der Waals surface area contributed by atoms with Gasteiger partial charge in [0.2, 0.25) is 0 Å². The minimum atomic E-state index is -0.521. The molecule has 1 heterocycles. The van der Waals surface area contributed by atoms with Gasteiger partial charge in [-0.3, -0.25) is 4.90 Å². The lowest BCUT2D eigenvalue weighted by molar-refractivity contribution is 0.0101. The van der Waals surface area contributed by atoms with Crippen LogP contribution in [-0.4, -0.2) is 46.5 Å². The Hall–Kier alpha value is -2.06. The normalized spacial score (nSPS) is 16.2. The third kappa shape index (κ3) is 6.24. The van der Waals surface area contributed by atoms with Crippen LogP contribution in [0.3, 0.4) is 0 Å². The Morgan fingerprint density at radius 3 is 2.68 bits per heavy atom. The van der Waals surface area contributed by atoms with Crippen molar-refractivity contribution in [1.29, 1.82) is 0 Å². The molecule has 1 saturated carbocycles. The van der Waals surface area contributed by atoms with Crippen molar-refractivity contribution in [3.05, 3.63) is 59.9 Å². The summed E-state index contributed by atoms with van der Waals surface area (Å²) >= 11 is 0. The van der Waals surface area contributed by atoms with Crippen molar-refractivity contribution in [3.63, 3.8) is 0 Å². The predicted octanol–water partition coefficient (Wildman–Crippen LogP) is 3.68. The standard InChI is InChI=1S/C24H32N2O2/c1-2-16-28-20-24(27)19-26(22-12-7-4-8-13-22)18-23-14-9-15-25(23)17-21-10-5-3-6-11-21/h1,3,5-6,9-11,14-15,22,24,27H,4,7-8,12-13,16-20H2/t24-/m0/s1. The number of hydrogen-bond acceptors (Lipinski definition) is 3. The van der Waals surface area contributed by atoms with Crippen LogP contribution in [0.4, 0.5) is 0 Å². The molecule has 0 bridgehead atoms. The molecule has 2 aromatic rings. The van der Waals surface area contributed by atoms with Gasteiger partial charge in [0.15, 0.2) is 0 Å². The predicted molar refractivity (Wildman–Crippen MR) is 113 cm³/mol. The molecule has 1 aliphatic carbocycles. The van der Waals surface area contributed by atoms with Gasteiger partial charge in [-0.15, -0.1) is 6.42 Å². The van der Waals surface area contributed by atoms with Crippen molar-refractivity contribution in [2.45, 2.75) is 57.3 Å². The molecule has 1 N–H and O–H groups in total. The van der Waals surface area contributed by atoms with Gasteiger partial charge in [-0.1, -0.05) is 55.5 Å². The summed E-state index contributed by atoms with van der Waals surface area (Å²) in [6.45, 7) is 2.87. The maximum absolute atomic E-state index is 10.5. The van der Waals surface area contributed by atoms with Crippen LogP contribution in [0.1, 0.15) is 43.4 Å². The van der Waals surface area contributed by atoms with Gasteiger partial charge in [-0.05, 0) is 30.5 Å². The zero-order chi connectivity index (χ0) is 19.6. The SMILES string of the molecule is C#CCOC[C@@H](O)CN(Cc1cccn1Cc1ccccc1)C1CCCCC1. The first kappa shape index (κ1) is 20.7. The monoisotopic (exact) mass is 380 g/mol. The highest BCUT2D eigenvalue weighted by molar-refractivity contribution is 5.17. The van der Waals surface area contributed by atoms with E-state index >= 15 is 0 Å². The van der Waals surface area contributed by atoms with E-state index in [2.05, 4.69) is 64.0 Å². The zero-order valence-electron chi connectivity index (χ0n) is 16.7. The van der Waals surface area contributed by atoms with Crippen LogP contribution in [-0.2, 0) is 17.8 Å². The van der Waals surface area contributed by atoms with Crippen molar-refractivity contribution >= 4 is 0 Å². The minimum Gasteiger partial charge on any atom is -0.389 e. The summed E-state index contributed by atoms with van der Waals surface area (Å²) < 4.78 is 7.66. The summed E-state index contributed by atoms with van der Waals surface area (Å²) in [7, 11) is 0. The molecule has 28 heavy (non-hydrogen) atoms. The number of benzene rings is 1. The molecule has 0 saturated heterocycles. The number of hydrogen-bond donors (Lipinski definition) is 1. The number of rotatable bonds is 10. The zero-order valence-corrected chi connectivity index (χ0v) is 16.7. The first-order chi connectivity index (χ1) is 13.8. The molecule has 150 valence electrons. The first-order valence-electron chi connectivity index (χ1n) is 10.4. The summed E-state index contributed by atoms with van der Waals surface area (Å²) in [5, 5.41) is 10.5. The lowest BCUT2D eigenvalue weighted by Crippen LogP contribution is -2.42. The van der Waals surface area contributed by atoms with Crippen LogP contribution in [0.5, 0.6) is 0 Å². The average Bonchev–Trinajstić information content (AvgIpc) is 3.16. The molecule has 1 aromatic heterocycles. The molecule has 4 heteroatoms. The second-order valence-electron chi connectivity index (χ2n) is 7.71. The number of terminal acetylenes is 1. The summed E-state index contributed by atoms with van der Waals surface area (Å²) in [5.41, 5.74) is 2.58. The van der Waals surface area contributed by atoms with Gasteiger partial charge in [-0.25, -0.2) is 0 Å². The van der Waals surface area contributed by atoms with Crippen molar-refractivity contribution in [3.8, 4) is 12.3 Å². The first-order valence-corrected chi connectivity index (χ1v) is 10.4. The Morgan fingerprint density at radius 1 is 1.14 bits per heavy atom. The Labute approximate surface area is 169 Å². The van der Waals surface area contributed by atoms with Crippen molar-refractivity contribution in [1.82, 2.24) is 9.47 Å². The molecule has 0 spiro atoms. The fourth-order valence-corrected chi connectivity index (χ4v) is 4.10. The maximum atomic E-state index is 10.5. The van der Waals surface area contributed by atoms with E-state index in [9.17, 15) is 5.11 Å². The molecule has 0 radical (unpaired) electrons. The fraction of sp³-hybridized carbons (Fsp3) is 0.500. The molecule has 0 amide bonds. The number of aromatic nitrogens is 1. The Morgan fingerprint density at radius 2 is 1.93 bits per heavy atom. The van der Waals surface area contributed by atoms with Gasteiger partial charge in [0.25, 0.3) is 0 Å². The number of aliphatic hydroxyl groups excluding tert-OH is 1. The maximum Gasteiger partial charge on any atom is 0.107 e. The molecule has 1 atom stereocenters. The van der Waals surface area contributed by atoms with Crippen LogP contribution in [0, 0.1) is 12.3 Å². The smallest absolute Gasteiger partial charge is 0.107 e. The van der Waals surface area contributed by atoms with Crippen LogP contribution in [0.2, 0.25) is 0 Å². The number of nitrogens with zero attached hydrogens (tertiary/aromatic N) is 2. The van der Waals surface area contributed by atoms with E-state index in [0.717, 1.165) is 13.1 Å². The molecular weight excluding hydrogens is 348 g/mol. The highest BCUT2D eigenvalue weighted by Crippen LogP contribution is 2.24. The molecule has 0 aliphatic heterocycles. The third-order valence-corrected chi connectivity index (χ3v) is 5.52. The minimum absolute atomic E-state index is 0.250. The summed E-state index contributed by atoms with van der Waals surface area (Å²) in [4.78, 5) is 2.44. The Balaban J connectivity index is 1.67. The second-order valence-corrected chi connectivity index (χ2v) is 7.71. The van der Waals surface area contributed by atoms with Crippen LogP contribution in [0.15, 0.2) is 48.7 Å². The van der Waals surface area contributed by atoms with Gasteiger partial charge in [0.1, 0.15) is 6.61 Å². The van der Waals surface area contributed by atoms with Crippen LogP contribution < -0.4 is 0 Å².